The van der Waals surface area contributed by atoms with Crippen molar-refractivity contribution in [1.82, 2.24) is 20.8 Å². The van der Waals surface area contributed by atoms with Gasteiger partial charge in [0, 0.05) is 42.3 Å². The standard InChI is InChI=1S/C20H33N5OS/c1-7-15-14(16(8-2)26-25-15)12-23-19(21-9-3)22-11-10-18-24-17(13-27-18)20(4,5)6/h13H,7-12H2,1-6H3,(H2,21,22,23). The Morgan fingerprint density at radius 1 is 1.19 bits per heavy atom. The minimum absolute atomic E-state index is 0.102. The van der Waals surface area contributed by atoms with E-state index >= 15 is 0 Å². The molecule has 0 aliphatic carbocycles. The van der Waals surface area contributed by atoms with Crippen molar-refractivity contribution >= 4 is 17.3 Å². The maximum absolute atomic E-state index is 5.43. The molecule has 0 unspecified atom stereocenters. The Kier molecular flexibility index (Phi) is 7.83. The summed E-state index contributed by atoms with van der Waals surface area (Å²) in [5.41, 5.74) is 3.39. The van der Waals surface area contributed by atoms with Gasteiger partial charge in [-0.2, -0.15) is 0 Å². The number of hydrogen-bond acceptors (Lipinski definition) is 5. The van der Waals surface area contributed by atoms with E-state index in [1.165, 1.54) is 0 Å². The third kappa shape index (κ3) is 6.06. The first-order valence-electron chi connectivity index (χ1n) is 9.82. The predicted molar refractivity (Wildman–Crippen MR) is 113 cm³/mol. The molecule has 27 heavy (non-hydrogen) atoms. The van der Waals surface area contributed by atoms with E-state index in [0.717, 1.165) is 66.0 Å². The van der Waals surface area contributed by atoms with Crippen LogP contribution in [-0.2, 0) is 31.2 Å². The molecule has 0 saturated heterocycles. The molecule has 0 radical (unpaired) electrons. The second-order valence-electron chi connectivity index (χ2n) is 7.49. The highest BCUT2D eigenvalue weighted by Gasteiger charge is 2.17. The fourth-order valence-corrected chi connectivity index (χ4v) is 3.70. The highest BCUT2D eigenvalue weighted by Crippen LogP contribution is 2.23. The second-order valence-corrected chi connectivity index (χ2v) is 8.43. The maximum Gasteiger partial charge on any atom is 0.191 e. The van der Waals surface area contributed by atoms with E-state index < -0.39 is 0 Å². The summed E-state index contributed by atoms with van der Waals surface area (Å²) in [5.74, 6) is 1.75. The third-order valence-electron chi connectivity index (χ3n) is 4.30. The Hall–Kier alpha value is -1.89. The van der Waals surface area contributed by atoms with Crippen LogP contribution in [0.15, 0.2) is 14.9 Å². The molecule has 2 aromatic heterocycles. The van der Waals surface area contributed by atoms with Crippen molar-refractivity contribution in [2.75, 3.05) is 13.1 Å². The highest BCUT2D eigenvalue weighted by molar-refractivity contribution is 7.09. The van der Waals surface area contributed by atoms with Crippen LogP contribution in [0.3, 0.4) is 0 Å². The number of nitrogens with one attached hydrogen (secondary N) is 2. The number of guanidine groups is 1. The first-order valence-corrected chi connectivity index (χ1v) is 10.7. The maximum atomic E-state index is 5.43. The average Bonchev–Trinajstić information content (AvgIpc) is 3.25. The Balaban J connectivity index is 1.96. The Bertz CT molecular complexity index is 720. The number of thiazole rings is 1. The summed E-state index contributed by atoms with van der Waals surface area (Å²) < 4.78 is 5.43. The molecule has 2 rings (SSSR count). The number of rotatable bonds is 8. The lowest BCUT2D eigenvalue weighted by Crippen LogP contribution is -2.38. The summed E-state index contributed by atoms with van der Waals surface area (Å²) in [6.07, 6.45) is 2.58. The molecule has 2 N–H and O–H groups in total. The van der Waals surface area contributed by atoms with Gasteiger partial charge in [0.05, 0.1) is 22.9 Å². The Morgan fingerprint density at radius 2 is 1.96 bits per heavy atom. The van der Waals surface area contributed by atoms with Crippen molar-refractivity contribution < 1.29 is 4.52 Å². The predicted octanol–water partition coefficient (Wildman–Crippen LogP) is 3.85. The summed E-state index contributed by atoms with van der Waals surface area (Å²) in [6.45, 7) is 15.0. The zero-order valence-electron chi connectivity index (χ0n) is 17.5. The molecular weight excluding hydrogens is 358 g/mol. The Morgan fingerprint density at radius 3 is 2.56 bits per heavy atom. The van der Waals surface area contributed by atoms with E-state index in [0.29, 0.717) is 6.54 Å². The highest BCUT2D eigenvalue weighted by atomic mass is 32.1. The van der Waals surface area contributed by atoms with Crippen LogP contribution in [0.5, 0.6) is 0 Å². The van der Waals surface area contributed by atoms with Crippen LogP contribution in [0, 0.1) is 0 Å². The third-order valence-corrected chi connectivity index (χ3v) is 5.21. The van der Waals surface area contributed by atoms with Gasteiger partial charge in [-0.05, 0) is 13.3 Å². The van der Waals surface area contributed by atoms with Crippen molar-refractivity contribution in [1.29, 1.82) is 0 Å². The summed E-state index contributed by atoms with van der Waals surface area (Å²) in [5, 5.41) is 14.2. The molecule has 0 aliphatic heterocycles. The molecule has 6 nitrogen and oxygen atoms in total. The minimum atomic E-state index is 0.102. The number of aliphatic imine (C=N–C) groups is 1. The number of nitrogens with zero attached hydrogens (tertiary/aromatic N) is 3. The van der Waals surface area contributed by atoms with E-state index in [1.807, 2.05) is 0 Å². The quantitative estimate of drug-likeness (QED) is 0.528. The van der Waals surface area contributed by atoms with E-state index in [2.05, 4.69) is 62.7 Å². The van der Waals surface area contributed by atoms with Crippen molar-refractivity contribution in [3.05, 3.63) is 33.1 Å². The molecule has 2 aromatic rings. The molecule has 150 valence electrons. The normalized spacial score (nSPS) is 12.4. The van der Waals surface area contributed by atoms with Crippen molar-refractivity contribution in [3.63, 3.8) is 0 Å². The number of hydrogen-bond donors (Lipinski definition) is 2. The van der Waals surface area contributed by atoms with Crippen LogP contribution >= 0.6 is 11.3 Å². The van der Waals surface area contributed by atoms with E-state index in [9.17, 15) is 0 Å². The Labute approximate surface area is 166 Å². The van der Waals surface area contributed by atoms with Crippen LogP contribution in [0.1, 0.15) is 69.3 Å². The second kappa shape index (κ2) is 9.88. The topological polar surface area (TPSA) is 75.3 Å². The fraction of sp³-hybridized carbons (Fsp3) is 0.650. The van der Waals surface area contributed by atoms with Crippen LogP contribution in [0.4, 0.5) is 0 Å². The largest absolute Gasteiger partial charge is 0.361 e. The molecule has 7 heteroatoms. The molecule has 0 saturated carbocycles. The van der Waals surface area contributed by atoms with Gasteiger partial charge < -0.3 is 15.2 Å². The zero-order valence-corrected chi connectivity index (χ0v) is 18.3. The summed E-state index contributed by atoms with van der Waals surface area (Å²) in [4.78, 5) is 9.48. The van der Waals surface area contributed by atoms with Gasteiger partial charge >= 0.3 is 0 Å². The lowest BCUT2D eigenvalue weighted by molar-refractivity contribution is 0.380. The lowest BCUT2D eigenvalue weighted by Gasteiger charge is -2.14. The van der Waals surface area contributed by atoms with Crippen LogP contribution in [-0.4, -0.2) is 29.2 Å². The van der Waals surface area contributed by atoms with Crippen LogP contribution in [0.25, 0.3) is 0 Å². The molecule has 0 amide bonds. The zero-order chi connectivity index (χ0) is 19.9. The van der Waals surface area contributed by atoms with Crippen LogP contribution < -0.4 is 10.6 Å². The minimum Gasteiger partial charge on any atom is -0.361 e. The molecule has 0 aliphatic rings. The summed E-state index contributed by atoms with van der Waals surface area (Å²) in [6, 6.07) is 0. The molecule has 0 aromatic carbocycles. The van der Waals surface area contributed by atoms with E-state index in [-0.39, 0.29) is 5.41 Å². The van der Waals surface area contributed by atoms with Gasteiger partial charge in [-0.25, -0.2) is 9.98 Å². The van der Waals surface area contributed by atoms with Crippen molar-refractivity contribution in [2.45, 2.75) is 72.8 Å². The van der Waals surface area contributed by atoms with Gasteiger partial charge in [-0.15, -0.1) is 11.3 Å². The van der Waals surface area contributed by atoms with Gasteiger partial charge in [-0.1, -0.05) is 39.8 Å². The van der Waals surface area contributed by atoms with E-state index in [4.69, 9.17) is 14.5 Å². The smallest absolute Gasteiger partial charge is 0.191 e. The summed E-state index contributed by atoms with van der Waals surface area (Å²) >= 11 is 1.73. The number of aryl methyl sites for hydroxylation is 2. The van der Waals surface area contributed by atoms with Gasteiger partial charge in [0.25, 0.3) is 0 Å². The first-order chi connectivity index (χ1) is 12.9. The first kappa shape index (κ1) is 21.4. The van der Waals surface area contributed by atoms with Gasteiger partial charge in [0.15, 0.2) is 5.96 Å². The molecule has 0 fully saturated rings. The molecule has 0 spiro atoms. The van der Waals surface area contributed by atoms with Gasteiger partial charge in [0.2, 0.25) is 0 Å². The lowest BCUT2D eigenvalue weighted by atomic mass is 9.93. The monoisotopic (exact) mass is 391 g/mol. The molecule has 2 heterocycles. The number of aromatic nitrogens is 2. The molecule has 0 bridgehead atoms. The van der Waals surface area contributed by atoms with E-state index in [1.54, 1.807) is 11.3 Å². The van der Waals surface area contributed by atoms with Crippen LogP contribution in [0.2, 0.25) is 0 Å². The summed E-state index contributed by atoms with van der Waals surface area (Å²) in [7, 11) is 0. The molecule has 0 atom stereocenters. The van der Waals surface area contributed by atoms with Crippen molar-refractivity contribution in [2.24, 2.45) is 4.99 Å². The van der Waals surface area contributed by atoms with Gasteiger partial charge in [-0.3, -0.25) is 0 Å². The van der Waals surface area contributed by atoms with Gasteiger partial charge in [0.1, 0.15) is 5.76 Å². The fourth-order valence-electron chi connectivity index (χ4n) is 2.67. The SMILES string of the molecule is CCNC(=NCc1c(CC)noc1CC)NCCc1nc(C(C)(C)C)cs1. The average molecular weight is 392 g/mol. The molecular formula is C20H33N5OS. The van der Waals surface area contributed by atoms with Crippen molar-refractivity contribution in [3.8, 4) is 0 Å².